The fourth-order valence-electron chi connectivity index (χ4n) is 1.82. The number of hydrogen-bond acceptors (Lipinski definition) is 3. The second-order valence-corrected chi connectivity index (χ2v) is 4.62. The molecule has 2 aromatic rings. The predicted octanol–water partition coefficient (Wildman–Crippen LogP) is 2.92. The quantitative estimate of drug-likeness (QED) is 0.877. The van der Waals surface area contributed by atoms with E-state index in [2.05, 4.69) is 42.0 Å². The Morgan fingerprint density at radius 2 is 2.00 bits per heavy atom. The number of nitrogens with zero attached hydrogens (tertiary/aromatic N) is 2. The summed E-state index contributed by atoms with van der Waals surface area (Å²) in [6, 6.07) is 8.42. The van der Waals surface area contributed by atoms with Crippen LogP contribution in [0.15, 0.2) is 36.7 Å². The minimum absolute atomic E-state index is 0.451. The van der Waals surface area contributed by atoms with Crippen molar-refractivity contribution in [2.24, 2.45) is 5.92 Å². The van der Waals surface area contributed by atoms with Gasteiger partial charge in [0.2, 0.25) is 0 Å². The Balaban J connectivity index is 2.29. The van der Waals surface area contributed by atoms with Crippen LogP contribution in [0.25, 0.3) is 11.3 Å². The van der Waals surface area contributed by atoms with Crippen molar-refractivity contribution in [2.45, 2.75) is 20.3 Å². The van der Waals surface area contributed by atoms with E-state index < -0.39 is 0 Å². The zero-order valence-corrected chi connectivity index (χ0v) is 10.2. The molecule has 0 atom stereocenters. The lowest BCUT2D eigenvalue weighted by Gasteiger charge is -2.07. The van der Waals surface area contributed by atoms with Crippen LogP contribution in [0.5, 0.6) is 0 Å². The van der Waals surface area contributed by atoms with Crippen molar-refractivity contribution in [2.75, 3.05) is 5.73 Å². The van der Waals surface area contributed by atoms with Crippen molar-refractivity contribution >= 4 is 5.82 Å². The lowest BCUT2D eigenvalue weighted by Crippen LogP contribution is -1.95. The van der Waals surface area contributed by atoms with Gasteiger partial charge in [-0.05, 0) is 24.0 Å². The Kier molecular flexibility index (Phi) is 3.38. The highest BCUT2D eigenvalue weighted by molar-refractivity contribution is 5.59. The molecule has 0 unspecified atom stereocenters. The van der Waals surface area contributed by atoms with Crippen LogP contribution in [-0.2, 0) is 6.42 Å². The van der Waals surface area contributed by atoms with Crippen LogP contribution in [0.3, 0.4) is 0 Å². The molecule has 0 fully saturated rings. The van der Waals surface area contributed by atoms with E-state index >= 15 is 0 Å². The first kappa shape index (κ1) is 11.6. The van der Waals surface area contributed by atoms with Gasteiger partial charge in [0.15, 0.2) is 0 Å². The normalized spacial score (nSPS) is 10.8. The van der Waals surface area contributed by atoms with E-state index in [1.807, 2.05) is 6.07 Å². The first-order valence-corrected chi connectivity index (χ1v) is 5.82. The number of nitrogen functional groups attached to an aromatic ring is 1. The molecule has 1 heterocycles. The molecule has 3 heteroatoms. The molecule has 0 saturated carbocycles. The highest BCUT2D eigenvalue weighted by Gasteiger charge is 2.02. The number of aromatic nitrogens is 2. The average molecular weight is 227 g/mol. The predicted molar refractivity (Wildman–Crippen MR) is 70.4 cm³/mol. The zero-order chi connectivity index (χ0) is 12.3. The summed E-state index contributed by atoms with van der Waals surface area (Å²) in [6.45, 7) is 4.44. The molecule has 0 aliphatic carbocycles. The largest absolute Gasteiger partial charge is 0.382 e. The minimum atomic E-state index is 0.451. The maximum absolute atomic E-state index is 5.53. The molecule has 17 heavy (non-hydrogen) atoms. The van der Waals surface area contributed by atoms with Crippen molar-refractivity contribution in [3.63, 3.8) is 0 Å². The van der Waals surface area contributed by atoms with E-state index in [4.69, 9.17) is 5.73 Å². The van der Waals surface area contributed by atoms with Crippen molar-refractivity contribution in [1.82, 2.24) is 9.97 Å². The monoisotopic (exact) mass is 227 g/mol. The Morgan fingerprint density at radius 3 is 2.65 bits per heavy atom. The Bertz CT molecular complexity index is 489. The third-order valence-electron chi connectivity index (χ3n) is 2.54. The van der Waals surface area contributed by atoms with Crippen LogP contribution in [0.2, 0.25) is 0 Å². The summed E-state index contributed by atoms with van der Waals surface area (Å²) in [7, 11) is 0. The number of hydrogen-bond donors (Lipinski definition) is 1. The summed E-state index contributed by atoms with van der Waals surface area (Å²) < 4.78 is 0. The summed E-state index contributed by atoms with van der Waals surface area (Å²) in [6.07, 6.45) is 4.38. The highest BCUT2D eigenvalue weighted by Crippen LogP contribution is 2.19. The third-order valence-corrected chi connectivity index (χ3v) is 2.54. The van der Waals surface area contributed by atoms with Gasteiger partial charge in [0, 0.05) is 5.56 Å². The molecule has 0 spiro atoms. The molecular weight excluding hydrogens is 210 g/mol. The Morgan fingerprint density at radius 1 is 1.18 bits per heavy atom. The SMILES string of the molecule is CC(C)Cc1cccc(-c2cnc(N)cn2)c1. The molecule has 88 valence electrons. The van der Waals surface area contributed by atoms with Gasteiger partial charge in [0.1, 0.15) is 5.82 Å². The highest BCUT2D eigenvalue weighted by atomic mass is 14.9. The van der Waals surface area contributed by atoms with Crippen LogP contribution in [-0.4, -0.2) is 9.97 Å². The topological polar surface area (TPSA) is 51.8 Å². The van der Waals surface area contributed by atoms with E-state index in [1.165, 1.54) is 5.56 Å². The van der Waals surface area contributed by atoms with Gasteiger partial charge >= 0.3 is 0 Å². The molecule has 2 N–H and O–H groups in total. The van der Waals surface area contributed by atoms with Gasteiger partial charge in [-0.25, -0.2) is 4.98 Å². The van der Waals surface area contributed by atoms with Gasteiger partial charge in [0.05, 0.1) is 18.1 Å². The van der Waals surface area contributed by atoms with E-state index in [9.17, 15) is 0 Å². The lowest BCUT2D eigenvalue weighted by atomic mass is 10.0. The Hall–Kier alpha value is -1.90. The van der Waals surface area contributed by atoms with Gasteiger partial charge in [-0.2, -0.15) is 0 Å². The van der Waals surface area contributed by atoms with E-state index in [-0.39, 0.29) is 0 Å². The van der Waals surface area contributed by atoms with Gasteiger partial charge < -0.3 is 5.73 Å². The Labute approximate surface area is 102 Å². The molecule has 2 rings (SSSR count). The fourth-order valence-corrected chi connectivity index (χ4v) is 1.82. The summed E-state index contributed by atoms with van der Waals surface area (Å²) in [5, 5.41) is 0. The van der Waals surface area contributed by atoms with Crippen molar-refractivity contribution < 1.29 is 0 Å². The molecule has 1 aromatic heterocycles. The second-order valence-electron chi connectivity index (χ2n) is 4.62. The maximum atomic E-state index is 5.53. The molecule has 0 bridgehead atoms. The standard InChI is InChI=1S/C14H17N3/c1-10(2)6-11-4-3-5-12(7-11)13-8-17-14(15)9-16-13/h3-5,7-10H,6H2,1-2H3,(H2,15,17). The lowest BCUT2D eigenvalue weighted by molar-refractivity contribution is 0.647. The summed E-state index contributed by atoms with van der Waals surface area (Å²) in [5.41, 5.74) is 8.82. The number of rotatable bonds is 3. The second kappa shape index (κ2) is 4.95. The molecule has 3 nitrogen and oxygen atoms in total. The average Bonchev–Trinajstić information content (AvgIpc) is 2.29. The smallest absolute Gasteiger partial charge is 0.141 e. The van der Waals surface area contributed by atoms with E-state index in [0.717, 1.165) is 17.7 Å². The van der Waals surface area contributed by atoms with E-state index in [1.54, 1.807) is 12.4 Å². The molecule has 0 radical (unpaired) electrons. The molecule has 1 aromatic carbocycles. The van der Waals surface area contributed by atoms with Crippen molar-refractivity contribution in [3.8, 4) is 11.3 Å². The number of nitrogens with two attached hydrogens (primary N) is 1. The number of anilines is 1. The van der Waals surface area contributed by atoms with Crippen molar-refractivity contribution in [1.29, 1.82) is 0 Å². The fraction of sp³-hybridized carbons (Fsp3) is 0.286. The molecule has 0 aliphatic rings. The van der Waals surface area contributed by atoms with Crippen molar-refractivity contribution in [3.05, 3.63) is 42.2 Å². The summed E-state index contributed by atoms with van der Waals surface area (Å²) in [5.74, 6) is 1.11. The van der Waals surface area contributed by atoms with Gasteiger partial charge in [0.25, 0.3) is 0 Å². The van der Waals surface area contributed by atoms with E-state index in [0.29, 0.717) is 11.7 Å². The summed E-state index contributed by atoms with van der Waals surface area (Å²) >= 11 is 0. The van der Waals surface area contributed by atoms with Gasteiger partial charge in [-0.3, -0.25) is 4.98 Å². The first-order valence-electron chi connectivity index (χ1n) is 5.82. The van der Waals surface area contributed by atoms with Crippen LogP contribution in [0.1, 0.15) is 19.4 Å². The molecular formula is C14H17N3. The first-order chi connectivity index (χ1) is 8.15. The van der Waals surface area contributed by atoms with Gasteiger partial charge in [-0.1, -0.05) is 32.0 Å². The van der Waals surface area contributed by atoms with Crippen LogP contribution >= 0.6 is 0 Å². The maximum Gasteiger partial charge on any atom is 0.141 e. The molecule has 0 saturated heterocycles. The van der Waals surface area contributed by atoms with Gasteiger partial charge in [-0.15, -0.1) is 0 Å². The zero-order valence-electron chi connectivity index (χ0n) is 10.2. The molecule has 0 amide bonds. The molecule has 0 aliphatic heterocycles. The van der Waals surface area contributed by atoms with Crippen LogP contribution < -0.4 is 5.73 Å². The summed E-state index contributed by atoms with van der Waals surface area (Å²) in [4.78, 5) is 8.34. The minimum Gasteiger partial charge on any atom is -0.382 e. The third kappa shape index (κ3) is 3.03. The van der Waals surface area contributed by atoms with Crippen LogP contribution in [0, 0.1) is 5.92 Å². The number of benzene rings is 1. The van der Waals surface area contributed by atoms with Crippen LogP contribution in [0.4, 0.5) is 5.82 Å².